The van der Waals surface area contributed by atoms with Gasteiger partial charge in [-0.05, 0) is 0 Å². The first kappa shape index (κ1) is 23.9. The summed E-state index contributed by atoms with van der Waals surface area (Å²) in [6.45, 7) is 11.9. The standard InChI is InChI=1S/C13H27.C4H9.Zr/c1-3-5-7-9-11-13-12-10-8-6-4-2;1-3-4-2;/h1,3-13H2,2H3;1,3-4H2,2H3;/q2*-1;+2. The Morgan fingerprint density at radius 2 is 0.833 bits per heavy atom. The Morgan fingerprint density at radius 3 is 1.11 bits per heavy atom. The summed E-state index contributed by atoms with van der Waals surface area (Å²) in [6, 6.07) is 0. The molecule has 0 radical (unpaired) electrons. The van der Waals surface area contributed by atoms with Crippen molar-refractivity contribution in [2.75, 3.05) is 0 Å². The van der Waals surface area contributed by atoms with Crippen molar-refractivity contribution in [1.29, 1.82) is 0 Å². The van der Waals surface area contributed by atoms with Gasteiger partial charge < -0.3 is 13.8 Å². The fraction of sp³-hybridized carbons (Fsp3) is 0.882. The molecule has 0 aliphatic heterocycles. The minimum atomic E-state index is 0. The molecule has 0 fully saturated rings. The second kappa shape index (κ2) is 26.4. The smallest absolute Gasteiger partial charge is 0.343 e. The van der Waals surface area contributed by atoms with Crippen molar-refractivity contribution >= 4 is 0 Å². The van der Waals surface area contributed by atoms with Crippen molar-refractivity contribution in [1.82, 2.24) is 0 Å². The molecule has 0 nitrogen and oxygen atoms in total. The van der Waals surface area contributed by atoms with E-state index in [1.165, 1.54) is 70.6 Å². The second-order valence-corrected chi connectivity index (χ2v) is 4.89. The largest absolute Gasteiger partial charge is 2.00 e. The summed E-state index contributed by atoms with van der Waals surface area (Å²) in [6.07, 6.45) is 17.6. The van der Waals surface area contributed by atoms with Crippen molar-refractivity contribution in [3.05, 3.63) is 13.8 Å². The SMILES string of the molecule is [CH2-]CCC.[CH2-]CCCCCCCCCCCC.[Zr+2]. The Labute approximate surface area is 137 Å². The summed E-state index contributed by atoms with van der Waals surface area (Å²) in [5, 5.41) is 0. The number of rotatable bonds is 11. The average Bonchev–Trinajstić information content (AvgIpc) is 2.37. The van der Waals surface area contributed by atoms with Gasteiger partial charge >= 0.3 is 26.2 Å². The molecule has 0 spiro atoms. The number of hydrogen-bond donors (Lipinski definition) is 0. The van der Waals surface area contributed by atoms with Crippen LogP contribution in [-0.4, -0.2) is 0 Å². The van der Waals surface area contributed by atoms with Crippen LogP contribution in [0.3, 0.4) is 0 Å². The maximum absolute atomic E-state index is 3.85. The van der Waals surface area contributed by atoms with Crippen molar-refractivity contribution in [3.63, 3.8) is 0 Å². The van der Waals surface area contributed by atoms with Gasteiger partial charge in [0.05, 0.1) is 0 Å². The van der Waals surface area contributed by atoms with Crippen LogP contribution in [0, 0.1) is 13.8 Å². The van der Waals surface area contributed by atoms with Gasteiger partial charge in [0.15, 0.2) is 0 Å². The summed E-state index contributed by atoms with van der Waals surface area (Å²) in [5.41, 5.74) is 0. The van der Waals surface area contributed by atoms with E-state index in [4.69, 9.17) is 0 Å². The third kappa shape index (κ3) is 30.2. The third-order valence-corrected chi connectivity index (χ3v) is 2.96. The average molecular weight is 332 g/mol. The zero-order valence-corrected chi connectivity index (χ0v) is 15.6. The molecule has 0 saturated carbocycles. The van der Waals surface area contributed by atoms with Crippen LogP contribution in [0.4, 0.5) is 0 Å². The van der Waals surface area contributed by atoms with E-state index in [1.807, 2.05) is 0 Å². The van der Waals surface area contributed by atoms with Gasteiger partial charge in [-0.3, -0.25) is 0 Å². The van der Waals surface area contributed by atoms with Gasteiger partial charge in [0.25, 0.3) is 0 Å². The summed E-state index contributed by atoms with van der Waals surface area (Å²) in [5.74, 6) is 0. The molecule has 0 saturated heterocycles. The zero-order chi connectivity index (χ0) is 13.2. The second-order valence-electron chi connectivity index (χ2n) is 4.89. The molecule has 0 rings (SSSR count). The van der Waals surface area contributed by atoms with E-state index in [0.29, 0.717) is 0 Å². The molecule has 18 heavy (non-hydrogen) atoms. The van der Waals surface area contributed by atoms with E-state index >= 15 is 0 Å². The fourth-order valence-corrected chi connectivity index (χ4v) is 1.66. The van der Waals surface area contributed by atoms with Crippen LogP contribution < -0.4 is 0 Å². The first-order valence-corrected chi connectivity index (χ1v) is 7.91. The summed E-state index contributed by atoms with van der Waals surface area (Å²) >= 11 is 0. The molecule has 0 N–H and O–H groups in total. The molecule has 0 unspecified atom stereocenters. The van der Waals surface area contributed by atoms with E-state index in [1.54, 1.807) is 0 Å². The molecular formula is C17H36Zr. The fourth-order valence-electron chi connectivity index (χ4n) is 1.66. The van der Waals surface area contributed by atoms with E-state index in [2.05, 4.69) is 27.7 Å². The predicted molar refractivity (Wildman–Crippen MR) is 82.1 cm³/mol. The Balaban J connectivity index is -0.000000392. The normalized spacial score (nSPS) is 9.33. The third-order valence-electron chi connectivity index (χ3n) is 2.96. The van der Waals surface area contributed by atoms with Gasteiger partial charge in [-0.2, -0.15) is 12.8 Å². The van der Waals surface area contributed by atoms with Gasteiger partial charge in [-0.15, -0.1) is 0 Å². The van der Waals surface area contributed by atoms with Crippen molar-refractivity contribution in [3.8, 4) is 0 Å². The first-order chi connectivity index (χ1) is 8.33. The molecular weight excluding hydrogens is 295 g/mol. The number of hydrogen-bond acceptors (Lipinski definition) is 0. The number of unbranched alkanes of at least 4 members (excludes halogenated alkanes) is 11. The maximum Gasteiger partial charge on any atom is 2.00 e. The molecule has 0 atom stereocenters. The Kier molecular flexibility index (Phi) is 35.2. The van der Waals surface area contributed by atoms with E-state index < -0.39 is 0 Å². The van der Waals surface area contributed by atoms with Crippen LogP contribution in [0.15, 0.2) is 0 Å². The predicted octanol–water partition coefficient (Wildman–Crippen LogP) is 6.75. The molecule has 0 aliphatic rings. The van der Waals surface area contributed by atoms with Gasteiger partial charge in [0.1, 0.15) is 0 Å². The summed E-state index contributed by atoms with van der Waals surface area (Å²) < 4.78 is 0. The molecule has 0 aromatic carbocycles. The minimum absolute atomic E-state index is 0. The Bertz CT molecular complexity index is 89.8. The van der Waals surface area contributed by atoms with Crippen LogP contribution in [0.2, 0.25) is 0 Å². The van der Waals surface area contributed by atoms with Crippen molar-refractivity contribution < 1.29 is 26.2 Å². The molecule has 108 valence electrons. The van der Waals surface area contributed by atoms with Crippen LogP contribution in [-0.2, 0) is 26.2 Å². The maximum atomic E-state index is 3.85. The van der Waals surface area contributed by atoms with E-state index in [0.717, 1.165) is 12.8 Å². The van der Waals surface area contributed by atoms with Gasteiger partial charge in [-0.25, -0.2) is 0 Å². The molecule has 0 aliphatic carbocycles. The van der Waals surface area contributed by atoms with Crippen LogP contribution in [0.5, 0.6) is 0 Å². The Hall–Kier alpha value is 0.883. The van der Waals surface area contributed by atoms with Crippen LogP contribution in [0.25, 0.3) is 0 Å². The quantitative estimate of drug-likeness (QED) is 0.290. The molecule has 0 heterocycles. The van der Waals surface area contributed by atoms with E-state index in [9.17, 15) is 0 Å². The first-order valence-electron chi connectivity index (χ1n) is 7.91. The van der Waals surface area contributed by atoms with Gasteiger partial charge in [-0.1, -0.05) is 84.5 Å². The van der Waals surface area contributed by atoms with Gasteiger partial charge in [0.2, 0.25) is 0 Å². The monoisotopic (exact) mass is 330 g/mol. The van der Waals surface area contributed by atoms with Gasteiger partial charge in [0, 0.05) is 0 Å². The molecule has 0 aromatic rings. The molecule has 0 aromatic heterocycles. The zero-order valence-electron chi connectivity index (χ0n) is 13.1. The molecule has 0 bridgehead atoms. The summed E-state index contributed by atoms with van der Waals surface area (Å²) in [7, 11) is 0. The molecule has 0 amide bonds. The Morgan fingerprint density at radius 1 is 0.500 bits per heavy atom. The topological polar surface area (TPSA) is 0 Å². The minimum Gasteiger partial charge on any atom is -0.343 e. The molecule has 1 heteroatoms. The summed E-state index contributed by atoms with van der Waals surface area (Å²) in [4.78, 5) is 0. The van der Waals surface area contributed by atoms with Crippen molar-refractivity contribution in [2.24, 2.45) is 0 Å². The van der Waals surface area contributed by atoms with E-state index in [-0.39, 0.29) is 26.2 Å². The van der Waals surface area contributed by atoms with Crippen molar-refractivity contribution in [2.45, 2.75) is 97.3 Å². The van der Waals surface area contributed by atoms with Crippen LogP contribution in [0.1, 0.15) is 97.3 Å². The van der Waals surface area contributed by atoms with Crippen LogP contribution >= 0.6 is 0 Å².